The molecule has 0 fully saturated rings. The van der Waals surface area contributed by atoms with Crippen molar-refractivity contribution in [3.63, 3.8) is 0 Å². The van der Waals surface area contributed by atoms with Crippen molar-refractivity contribution in [2.24, 2.45) is 0 Å². The first-order valence-electron chi connectivity index (χ1n) is 6.29. The molecular weight excluding hydrogens is 266 g/mol. The van der Waals surface area contributed by atoms with E-state index in [2.05, 4.69) is 25.2 Å². The Morgan fingerprint density at radius 1 is 1.28 bits per heavy atom. The van der Waals surface area contributed by atoms with E-state index in [1.54, 1.807) is 17.6 Å². The van der Waals surface area contributed by atoms with Gasteiger partial charge in [-0.2, -0.15) is 0 Å². The number of thiophene rings is 1. The molecule has 0 aliphatic rings. The van der Waals surface area contributed by atoms with Crippen LogP contribution in [0.25, 0.3) is 0 Å². The molecule has 0 aliphatic carbocycles. The van der Waals surface area contributed by atoms with E-state index in [1.807, 2.05) is 18.2 Å². The molecule has 2 rings (SSSR count). The van der Waals surface area contributed by atoms with Crippen LogP contribution in [0.2, 0.25) is 4.34 Å². The van der Waals surface area contributed by atoms with Crippen LogP contribution < -0.4 is 5.32 Å². The molecule has 0 radical (unpaired) electrons. The maximum atomic E-state index is 6.03. The number of rotatable bonds is 6. The van der Waals surface area contributed by atoms with E-state index in [1.165, 1.54) is 4.88 Å². The van der Waals surface area contributed by atoms with E-state index in [0.717, 1.165) is 22.9 Å². The Morgan fingerprint density at radius 2 is 2.06 bits per heavy atom. The molecule has 18 heavy (non-hydrogen) atoms. The number of hydrogen-bond acceptors (Lipinski definition) is 3. The van der Waals surface area contributed by atoms with Crippen LogP contribution in [-0.4, -0.2) is 6.04 Å². The third kappa shape index (κ3) is 3.16. The second kappa shape index (κ2) is 6.41. The van der Waals surface area contributed by atoms with Crippen molar-refractivity contribution in [2.45, 2.75) is 38.8 Å². The zero-order valence-electron chi connectivity index (χ0n) is 10.7. The standard InChI is InChI=1S/C14H18ClNOS/c1-3-10(4-2)16-14(11-6-5-9-17-11)12-7-8-13(15)18-12/h5-10,14,16H,3-4H2,1-2H3. The monoisotopic (exact) mass is 283 g/mol. The summed E-state index contributed by atoms with van der Waals surface area (Å²) >= 11 is 7.63. The smallest absolute Gasteiger partial charge is 0.126 e. The van der Waals surface area contributed by atoms with Gasteiger partial charge in [-0.1, -0.05) is 25.4 Å². The zero-order valence-corrected chi connectivity index (χ0v) is 12.2. The first-order chi connectivity index (χ1) is 8.74. The molecule has 1 N–H and O–H groups in total. The molecule has 0 bridgehead atoms. The lowest BCUT2D eigenvalue weighted by atomic mass is 10.1. The Bertz CT molecular complexity index is 462. The largest absolute Gasteiger partial charge is 0.467 e. The average molecular weight is 284 g/mol. The van der Waals surface area contributed by atoms with Gasteiger partial charge in [0.1, 0.15) is 11.8 Å². The molecule has 0 saturated heterocycles. The van der Waals surface area contributed by atoms with Crippen molar-refractivity contribution in [1.82, 2.24) is 5.32 Å². The lowest BCUT2D eigenvalue weighted by molar-refractivity contribution is 0.394. The maximum absolute atomic E-state index is 6.03. The Labute approximate surface area is 117 Å². The Morgan fingerprint density at radius 3 is 2.56 bits per heavy atom. The van der Waals surface area contributed by atoms with E-state index in [0.29, 0.717) is 6.04 Å². The highest BCUT2D eigenvalue weighted by Crippen LogP contribution is 2.32. The van der Waals surface area contributed by atoms with Gasteiger partial charge in [0.2, 0.25) is 0 Å². The summed E-state index contributed by atoms with van der Waals surface area (Å²) in [6.07, 6.45) is 3.92. The molecule has 0 amide bonds. The fraction of sp³-hybridized carbons (Fsp3) is 0.429. The molecule has 1 unspecified atom stereocenters. The van der Waals surface area contributed by atoms with Gasteiger partial charge in [-0.25, -0.2) is 0 Å². The predicted molar refractivity (Wildman–Crippen MR) is 77.4 cm³/mol. The van der Waals surface area contributed by atoms with Gasteiger partial charge in [0, 0.05) is 10.9 Å². The van der Waals surface area contributed by atoms with Crippen LogP contribution >= 0.6 is 22.9 Å². The van der Waals surface area contributed by atoms with E-state index in [-0.39, 0.29) is 6.04 Å². The summed E-state index contributed by atoms with van der Waals surface area (Å²) in [5.41, 5.74) is 0. The van der Waals surface area contributed by atoms with E-state index in [4.69, 9.17) is 16.0 Å². The van der Waals surface area contributed by atoms with Crippen LogP contribution in [0, 0.1) is 0 Å². The highest BCUT2D eigenvalue weighted by atomic mass is 35.5. The molecule has 0 spiro atoms. The van der Waals surface area contributed by atoms with E-state index >= 15 is 0 Å². The van der Waals surface area contributed by atoms with Gasteiger partial charge in [-0.15, -0.1) is 11.3 Å². The van der Waals surface area contributed by atoms with Crippen LogP contribution in [0.5, 0.6) is 0 Å². The van der Waals surface area contributed by atoms with Gasteiger partial charge < -0.3 is 9.73 Å². The lowest BCUT2D eigenvalue weighted by Gasteiger charge is -2.22. The van der Waals surface area contributed by atoms with Crippen molar-refractivity contribution in [3.05, 3.63) is 45.5 Å². The first-order valence-corrected chi connectivity index (χ1v) is 7.48. The molecule has 98 valence electrons. The normalized spacial score (nSPS) is 13.1. The third-order valence-electron chi connectivity index (χ3n) is 3.09. The van der Waals surface area contributed by atoms with Crippen molar-refractivity contribution >= 4 is 22.9 Å². The molecule has 0 aliphatic heterocycles. The van der Waals surface area contributed by atoms with Crippen LogP contribution in [0.1, 0.15) is 43.4 Å². The predicted octanol–water partition coefficient (Wildman–Crippen LogP) is 4.86. The molecular formula is C14H18ClNOS. The summed E-state index contributed by atoms with van der Waals surface area (Å²) < 4.78 is 6.36. The topological polar surface area (TPSA) is 25.2 Å². The maximum Gasteiger partial charge on any atom is 0.126 e. The zero-order chi connectivity index (χ0) is 13.0. The van der Waals surface area contributed by atoms with Gasteiger partial charge in [0.25, 0.3) is 0 Å². The summed E-state index contributed by atoms with van der Waals surface area (Å²) in [4.78, 5) is 1.20. The number of nitrogens with one attached hydrogen (secondary N) is 1. The number of halogens is 1. The van der Waals surface area contributed by atoms with Crippen LogP contribution in [0.4, 0.5) is 0 Å². The fourth-order valence-electron chi connectivity index (χ4n) is 2.00. The minimum absolute atomic E-state index is 0.0994. The van der Waals surface area contributed by atoms with Gasteiger partial charge >= 0.3 is 0 Å². The molecule has 1 atom stereocenters. The second-order valence-corrected chi connectivity index (χ2v) is 6.02. The quantitative estimate of drug-likeness (QED) is 0.819. The van der Waals surface area contributed by atoms with Crippen molar-refractivity contribution in [2.75, 3.05) is 0 Å². The van der Waals surface area contributed by atoms with Crippen LogP contribution in [0.15, 0.2) is 34.9 Å². The minimum Gasteiger partial charge on any atom is -0.467 e. The molecule has 2 aromatic rings. The van der Waals surface area contributed by atoms with E-state index < -0.39 is 0 Å². The summed E-state index contributed by atoms with van der Waals surface area (Å²) in [7, 11) is 0. The van der Waals surface area contributed by atoms with Crippen molar-refractivity contribution in [1.29, 1.82) is 0 Å². The molecule has 4 heteroatoms. The third-order valence-corrected chi connectivity index (χ3v) is 4.39. The highest BCUT2D eigenvalue weighted by Gasteiger charge is 2.21. The SMILES string of the molecule is CCC(CC)NC(c1ccco1)c1ccc(Cl)s1. The fourth-order valence-corrected chi connectivity index (χ4v) is 3.13. The van der Waals surface area contributed by atoms with Crippen molar-refractivity contribution < 1.29 is 4.42 Å². The average Bonchev–Trinajstić information content (AvgIpc) is 3.02. The van der Waals surface area contributed by atoms with E-state index in [9.17, 15) is 0 Å². The molecule has 0 aromatic carbocycles. The second-order valence-electron chi connectivity index (χ2n) is 4.27. The Hall–Kier alpha value is -0.770. The van der Waals surface area contributed by atoms with Crippen molar-refractivity contribution in [3.8, 4) is 0 Å². The molecule has 2 aromatic heterocycles. The summed E-state index contributed by atoms with van der Waals surface area (Å²) in [6, 6.07) is 8.52. The van der Waals surface area contributed by atoms with Crippen LogP contribution in [0.3, 0.4) is 0 Å². The van der Waals surface area contributed by atoms with Gasteiger partial charge in [0.15, 0.2) is 0 Å². The lowest BCUT2D eigenvalue weighted by Crippen LogP contribution is -2.31. The summed E-state index contributed by atoms with van der Waals surface area (Å²) in [6.45, 7) is 4.39. The molecule has 2 heterocycles. The summed E-state index contributed by atoms with van der Waals surface area (Å²) in [5, 5.41) is 3.64. The van der Waals surface area contributed by atoms with Crippen LogP contribution in [-0.2, 0) is 0 Å². The van der Waals surface area contributed by atoms with Gasteiger partial charge in [-0.05, 0) is 37.1 Å². The molecule has 0 saturated carbocycles. The van der Waals surface area contributed by atoms with Gasteiger partial charge in [0.05, 0.1) is 10.6 Å². The first kappa shape index (κ1) is 13.7. The Balaban J connectivity index is 2.23. The minimum atomic E-state index is 0.0994. The highest BCUT2D eigenvalue weighted by molar-refractivity contribution is 7.16. The Kier molecular flexibility index (Phi) is 4.87. The summed E-state index contributed by atoms with van der Waals surface area (Å²) in [5.74, 6) is 0.945. The number of hydrogen-bond donors (Lipinski definition) is 1. The van der Waals surface area contributed by atoms with Gasteiger partial charge in [-0.3, -0.25) is 0 Å². The molecule has 2 nitrogen and oxygen atoms in total. The number of furan rings is 1.